The summed E-state index contributed by atoms with van der Waals surface area (Å²) in [6.45, 7) is 1.39. The molecule has 2 saturated carbocycles. The fourth-order valence-corrected chi connectivity index (χ4v) is 5.88. The average Bonchev–Trinajstić information content (AvgIpc) is 2.68. The lowest BCUT2D eigenvalue weighted by molar-refractivity contribution is -0.188. The molecule has 0 saturated heterocycles. The number of fused-ring (bicyclic) bond motifs is 3. The van der Waals surface area contributed by atoms with Crippen molar-refractivity contribution in [2.24, 2.45) is 29.4 Å². The zero-order chi connectivity index (χ0) is 23.9. The van der Waals surface area contributed by atoms with Gasteiger partial charge in [-0.15, -0.1) is 0 Å². The summed E-state index contributed by atoms with van der Waals surface area (Å²) >= 11 is 0. The highest BCUT2D eigenvalue weighted by atomic mass is 16.3. The highest BCUT2D eigenvalue weighted by Gasteiger charge is 2.71. The summed E-state index contributed by atoms with van der Waals surface area (Å²) in [7, 11) is 2.98. The van der Waals surface area contributed by atoms with Crippen molar-refractivity contribution in [2.75, 3.05) is 14.1 Å². The van der Waals surface area contributed by atoms with Crippen molar-refractivity contribution < 1.29 is 39.3 Å². The van der Waals surface area contributed by atoms with Crippen LogP contribution in [-0.4, -0.2) is 75.0 Å². The first kappa shape index (κ1) is 22.3. The Hall–Kier alpha value is -2.95. The molecule has 0 unspecified atom stereocenters. The molecule has 3 aliphatic carbocycles. The SMILES string of the molecule is CN(C)[C@@H]1C(=O)[C@H](C(N)=O)C(=O)[C@@]2(O)C(=O)[C@@H]3C(=O)c4c(O)cccc4[C@@](C)(O)[C@H]3C[C@@H]12. The Labute approximate surface area is 183 Å². The number of phenolic OH excluding ortho intramolecular Hbond substituents is 1. The molecule has 0 bridgehead atoms. The molecular formula is C22H24N2O8. The molecule has 3 aliphatic rings. The molecule has 4 rings (SSSR count). The molecule has 5 N–H and O–H groups in total. The lowest BCUT2D eigenvalue weighted by Crippen LogP contribution is -2.75. The number of benzene rings is 1. The number of likely N-dealkylation sites (N-methyl/N-ethyl adjacent to an activating group) is 1. The second-order valence-corrected chi connectivity index (χ2v) is 9.28. The van der Waals surface area contributed by atoms with Crippen LogP contribution < -0.4 is 5.73 Å². The topological polar surface area (TPSA) is 175 Å². The number of carbonyl (C=O) groups is 5. The lowest BCUT2D eigenvalue weighted by Gasteiger charge is -2.55. The number of hydrogen-bond donors (Lipinski definition) is 4. The van der Waals surface area contributed by atoms with Crippen molar-refractivity contribution in [3.8, 4) is 5.75 Å². The Morgan fingerprint density at radius 2 is 1.72 bits per heavy atom. The minimum absolute atomic E-state index is 0.117. The molecule has 0 aliphatic heterocycles. The maximum Gasteiger partial charge on any atom is 0.235 e. The van der Waals surface area contributed by atoms with Crippen LogP contribution in [0.1, 0.15) is 29.3 Å². The van der Waals surface area contributed by atoms with Gasteiger partial charge in [0.15, 0.2) is 34.7 Å². The van der Waals surface area contributed by atoms with E-state index in [0.717, 1.165) is 0 Å². The summed E-state index contributed by atoms with van der Waals surface area (Å²) in [6.07, 6.45) is -0.230. The highest BCUT2D eigenvalue weighted by molar-refractivity contribution is 6.32. The fraction of sp³-hybridized carbons (Fsp3) is 0.500. The number of nitrogens with zero attached hydrogens (tertiary/aromatic N) is 1. The molecule has 0 radical (unpaired) electrons. The first-order chi connectivity index (χ1) is 14.8. The van der Waals surface area contributed by atoms with E-state index in [-0.39, 0.29) is 17.5 Å². The van der Waals surface area contributed by atoms with Crippen LogP contribution in [-0.2, 0) is 24.8 Å². The van der Waals surface area contributed by atoms with E-state index >= 15 is 0 Å². The minimum atomic E-state index is -2.82. The predicted octanol–water partition coefficient (Wildman–Crippen LogP) is -1.47. The summed E-state index contributed by atoms with van der Waals surface area (Å²) in [5, 5.41) is 33.1. The van der Waals surface area contributed by atoms with Crippen LogP contribution >= 0.6 is 0 Å². The van der Waals surface area contributed by atoms with Crippen molar-refractivity contribution in [3.63, 3.8) is 0 Å². The van der Waals surface area contributed by atoms with Crippen molar-refractivity contribution in [1.29, 1.82) is 0 Å². The summed E-state index contributed by atoms with van der Waals surface area (Å²) in [6, 6.07) is 2.91. The molecule has 0 spiro atoms. The van der Waals surface area contributed by atoms with Crippen LogP contribution in [0, 0.1) is 23.7 Å². The van der Waals surface area contributed by atoms with Crippen LogP contribution in [0.5, 0.6) is 5.75 Å². The number of amides is 1. The summed E-state index contributed by atoms with van der Waals surface area (Å²) in [4.78, 5) is 66.4. The van der Waals surface area contributed by atoms with E-state index in [0.29, 0.717) is 0 Å². The third-order valence-corrected chi connectivity index (χ3v) is 7.38. The molecule has 2 fully saturated rings. The molecular weight excluding hydrogens is 420 g/mol. The number of Topliss-reactive ketones (excluding diaryl/α,β-unsaturated/α-hetero) is 4. The van der Waals surface area contributed by atoms with Gasteiger partial charge < -0.3 is 21.1 Å². The molecule has 32 heavy (non-hydrogen) atoms. The lowest BCUT2D eigenvalue weighted by atomic mass is 9.49. The molecule has 7 atom stereocenters. The van der Waals surface area contributed by atoms with Gasteiger partial charge >= 0.3 is 0 Å². The zero-order valence-corrected chi connectivity index (χ0v) is 17.7. The number of primary amides is 1. The maximum absolute atomic E-state index is 13.6. The molecule has 10 nitrogen and oxygen atoms in total. The van der Waals surface area contributed by atoms with Crippen LogP contribution in [0.3, 0.4) is 0 Å². The highest BCUT2D eigenvalue weighted by Crippen LogP contribution is 2.55. The van der Waals surface area contributed by atoms with Crippen molar-refractivity contribution >= 4 is 29.0 Å². The molecule has 10 heteroatoms. The van der Waals surface area contributed by atoms with Gasteiger partial charge in [-0.2, -0.15) is 0 Å². The van der Waals surface area contributed by atoms with Crippen LogP contribution in [0.15, 0.2) is 18.2 Å². The van der Waals surface area contributed by atoms with E-state index in [9.17, 15) is 39.3 Å². The Balaban J connectivity index is 1.95. The Kier molecular flexibility index (Phi) is 4.71. The predicted molar refractivity (Wildman–Crippen MR) is 107 cm³/mol. The van der Waals surface area contributed by atoms with E-state index in [1.165, 1.54) is 44.1 Å². The van der Waals surface area contributed by atoms with E-state index in [2.05, 4.69) is 0 Å². The molecule has 0 aromatic heterocycles. The van der Waals surface area contributed by atoms with E-state index in [1.54, 1.807) is 0 Å². The number of rotatable bonds is 2. The number of phenols is 1. The number of nitrogens with two attached hydrogens (primary N) is 1. The van der Waals surface area contributed by atoms with Crippen molar-refractivity contribution in [1.82, 2.24) is 4.90 Å². The zero-order valence-electron chi connectivity index (χ0n) is 17.7. The summed E-state index contributed by atoms with van der Waals surface area (Å²) in [5.74, 6) is -12.0. The molecule has 170 valence electrons. The van der Waals surface area contributed by atoms with Gasteiger partial charge in [0, 0.05) is 11.8 Å². The minimum Gasteiger partial charge on any atom is -0.507 e. The summed E-state index contributed by atoms with van der Waals surface area (Å²) < 4.78 is 0. The number of hydrogen-bond acceptors (Lipinski definition) is 9. The first-order valence-corrected chi connectivity index (χ1v) is 10.2. The van der Waals surface area contributed by atoms with Crippen LogP contribution in [0.4, 0.5) is 0 Å². The van der Waals surface area contributed by atoms with E-state index in [1.807, 2.05) is 0 Å². The van der Waals surface area contributed by atoms with Gasteiger partial charge in [0.2, 0.25) is 5.91 Å². The van der Waals surface area contributed by atoms with E-state index in [4.69, 9.17) is 5.73 Å². The van der Waals surface area contributed by atoms with Crippen molar-refractivity contribution in [3.05, 3.63) is 29.3 Å². The monoisotopic (exact) mass is 444 g/mol. The Morgan fingerprint density at radius 3 is 2.28 bits per heavy atom. The average molecular weight is 444 g/mol. The van der Waals surface area contributed by atoms with Gasteiger partial charge in [-0.3, -0.25) is 28.9 Å². The second kappa shape index (κ2) is 6.77. The summed E-state index contributed by atoms with van der Waals surface area (Å²) in [5.41, 5.74) is 0.511. The number of aliphatic hydroxyl groups is 2. The second-order valence-electron chi connectivity index (χ2n) is 9.28. The molecule has 1 amide bonds. The quantitative estimate of drug-likeness (QED) is 0.397. The third-order valence-electron chi connectivity index (χ3n) is 7.38. The van der Waals surface area contributed by atoms with Crippen LogP contribution in [0.2, 0.25) is 0 Å². The van der Waals surface area contributed by atoms with Gasteiger partial charge in [-0.05, 0) is 39.1 Å². The smallest absolute Gasteiger partial charge is 0.235 e. The van der Waals surface area contributed by atoms with Crippen molar-refractivity contribution in [2.45, 2.75) is 30.6 Å². The van der Waals surface area contributed by atoms with E-state index < -0.39 is 75.7 Å². The number of ketones is 4. The van der Waals surface area contributed by atoms with Crippen LogP contribution in [0.25, 0.3) is 0 Å². The molecule has 0 heterocycles. The largest absolute Gasteiger partial charge is 0.507 e. The molecule has 1 aromatic carbocycles. The number of carbonyl (C=O) groups excluding carboxylic acids is 5. The van der Waals surface area contributed by atoms with Gasteiger partial charge in [0.25, 0.3) is 0 Å². The van der Waals surface area contributed by atoms with Gasteiger partial charge in [-0.25, -0.2) is 0 Å². The third kappa shape index (κ3) is 2.54. The Morgan fingerprint density at radius 1 is 1.09 bits per heavy atom. The standard InChI is InChI=1S/C22H24N2O8/c1-21(31)8-5-4-6-11(25)12(8)16(26)13-9(21)7-10-15(24(2)3)17(27)14(20(23)30)19(29)22(10,32)18(13)28/h4-6,9-10,13-15,25,31-32H,7H2,1-3H3,(H2,23,30)/t9-,10-,13-,14-,15-,21+,22-/m0/s1. The maximum atomic E-state index is 13.6. The van der Waals surface area contributed by atoms with Gasteiger partial charge in [0.1, 0.15) is 5.75 Å². The van der Waals surface area contributed by atoms with Gasteiger partial charge in [-0.1, -0.05) is 12.1 Å². The Bertz CT molecular complexity index is 1090. The molecule has 1 aromatic rings. The number of aromatic hydroxyl groups is 1. The first-order valence-electron chi connectivity index (χ1n) is 10.2. The normalized spacial score (nSPS) is 38.9. The van der Waals surface area contributed by atoms with Gasteiger partial charge in [0.05, 0.1) is 23.1 Å². The fourth-order valence-electron chi connectivity index (χ4n) is 5.88.